The van der Waals surface area contributed by atoms with Gasteiger partial charge < -0.3 is 19.4 Å². The number of pyridine rings is 1. The summed E-state index contributed by atoms with van der Waals surface area (Å²) in [7, 11) is 0. The second kappa shape index (κ2) is 7.30. The third-order valence-electron chi connectivity index (χ3n) is 5.59. The minimum absolute atomic E-state index is 0.0954. The van der Waals surface area contributed by atoms with Crippen LogP contribution in [-0.2, 0) is 22.3 Å². The van der Waals surface area contributed by atoms with Crippen LogP contribution >= 0.6 is 0 Å². The number of piperidine rings is 1. The molecular formula is C19H26N2O4. The molecule has 3 aliphatic rings. The Balaban J connectivity index is 1.62. The zero-order valence-corrected chi connectivity index (χ0v) is 14.6. The van der Waals surface area contributed by atoms with Crippen molar-refractivity contribution in [2.24, 2.45) is 0 Å². The number of aryl methyl sites for hydroxylation is 2. The molecule has 136 valence electrons. The number of aromatic nitrogens is 1. The standard InChI is InChI=1S/C19H26N2O4/c22-17-14(12-13-6-2-1-3-7-15(13)20-17)18(23)21-9-5-4-8-16(21)19-24-10-11-25-19/h12,16,19H,1-11H2,(H,20,22). The molecule has 4 rings (SSSR count). The second-order valence-corrected chi connectivity index (χ2v) is 7.25. The fourth-order valence-electron chi connectivity index (χ4n) is 4.26. The first kappa shape index (κ1) is 16.8. The van der Waals surface area contributed by atoms with Crippen LogP contribution in [0.25, 0.3) is 0 Å². The van der Waals surface area contributed by atoms with Crippen molar-refractivity contribution < 1.29 is 14.3 Å². The first-order chi connectivity index (χ1) is 12.2. The molecule has 1 aromatic rings. The summed E-state index contributed by atoms with van der Waals surface area (Å²) >= 11 is 0. The van der Waals surface area contributed by atoms with E-state index in [1.54, 1.807) is 4.90 Å². The van der Waals surface area contributed by atoms with Gasteiger partial charge in [-0.3, -0.25) is 9.59 Å². The van der Waals surface area contributed by atoms with Gasteiger partial charge >= 0.3 is 0 Å². The highest BCUT2D eigenvalue weighted by Crippen LogP contribution is 2.26. The van der Waals surface area contributed by atoms with Crippen LogP contribution in [-0.4, -0.2) is 47.9 Å². The molecule has 6 nitrogen and oxygen atoms in total. The van der Waals surface area contributed by atoms with Crippen LogP contribution in [0.5, 0.6) is 0 Å². The van der Waals surface area contributed by atoms with Crippen LogP contribution in [0.3, 0.4) is 0 Å². The Hall–Kier alpha value is -1.66. The minimum atomic E-state index is -0.357. The number of fused-ring (bicyclic) bond motifs is 1. The van der Waals surface area contributed by atoms with E-state index in [4.69, 9.17) is 9.47 Å². The van der Waals surface area contributed by atoms with Crippen molar-refractivity contribution in [1.82, 2.24) is 9.88 Å². The van der Waals surface area contributed by atoms with Gasteiger partial charge in [-0.25, -0.2) is 0 Å². The van der Waals surface area contributed by atoms with Crippen LogP contribution < -0.4 is 5.56 Å². The molecule has 1 aliphatic carbocycles. The topological polar surface area (TPSA) is 71.6 Å². The van der Waals surface area contributed by atoms with Crippen molar-refractivity contribution in [3.63, 3.8) is 0 Å². The summed E-state index contributed by atoms with van der Waals surface area (Å²) in [5.74, 6) is -0.183. The largest absolute Gasteiger partial charge is 0.348 e. The van der Waals surface area contributed by atoms with Crippen molar-refractivity contribution >= 4 is 5.91 Å². The molecule has 2 aliphatic heterocycles. The molecule has 25 heavy (non-hydrogen) atoms. The lowest BCUT2D eigenvalue weighted by atomic mass is 9.99. The number of H-pyrrole nitrogens is 1. The smallest absolute Gasteiger partial charge is 0.261 e. The summed E-state index contributed by atoms with van der Waals surface area (Å²) in [4.78, 5) is 30.5. The third-order valence-corrected chi connectivity index (χ3v) is 5.59. The molecule has 2 fully saturated rings. The molecule has 0 aromatic carbocycles. The number of carbonyl (C=O) groups excluding carboxylic acids is 1. The Morgan fingerprint density at radius 1 is 1.08 bits per heavy atom. The van der Waals surface area contributed by atoms with Gasteiger partial charge in [0.25, 0.3) is 11.5 Å². The lowest BCUT2D eigenvalue weighted by Gasteiger charge is -2.37. The van der Waals surface area contributed by atoms with Crippen molar-refractivity contribution in [3.05, 3.63) is 33.2 Å². The van der Waals surface area contributed by atoms with Crippen LogP contribution in [0.2, 0.25) is 0 Å². The van der Waals surface area contributed by atoms with E-state index in [1.165, 1.54) is 6.42 Å². The van der Waals surface area contributed by atoms with E-state index in [9.17, 15) is 9.59 Å². The molecule has 6 heteroatoms. The van der Waals surface area contributed by atoms with Crippen LogP contribution in [0, 0.1) is 0 Å². The zero-order valence-electron chi connectivity index (χ0n) is 14.6. The normalized spacial score (nSPS) is 24.8. The molecule has 0 bridgehead atoms. The average Bonchev–Trinajstić information content (AvgIpc) is 3.07. The molecule has 2 saturated heterocycles. The Kier molecular flexibility index (Phi) is 4.90. The quantitative estimate of drug-likeness (QED) is 0.832. The van der Waals surface area contributed by atoms with E-state index < -0.39 is 0 Å². The van der Waals surface area contributed by atoms with Gasteiger partial charge in [0.15, 0.2) is 6.29 Å². The predicted molar refractivity (Wildman–Crippen MR) is 92.7 cm³/mol. The number of hydrogen-bond donors (Lipinski definition) is 1. The molecule has 1 aromatic heterocycles. The first-order valence-electron chi connectivity index (χ1n) is 9.53. The van der Waals surface area contributed by atoms with Gasteiger partial charge in [-0.05, 0) is 56.6 Å². The minimum Gasteiger partial charge on any atom is -0.348 e. The molecule has 1 atom stereocenters. The van der Waals surface area contributed by atoms with Crippen molar-refractivity contribution in [1.29, 1.82) is 0 Å². The third kappa shape index (κ3) is 3.37. The van der Waals surface area contributed by atoms with Gasteiger partial charge in [-0.2, -0.15) is 0 Å². The second-order valence-electron chi connectivity index (χ2n) is 7.25. The first-order valence-corrected chi connectivity index (χ1v) is 9.53. The SMILES string of the molecule is O=C(c1cc2c([nH]c1=O)CCCCC2)N1CCCCC1C1OCCO1. The number of aromatic amines is 1. The fourth-order valence-corrected chi connectivity index (χ4v) is 4.26. The molecule has 3 heterocycles. The van der Waals surface area contributed by atoms with Crippen LogP contribution in [0.4, 0.5) is 0 Å². The number of carbonyl (C=O) groups is 1. The Morgan fingerprint density at radius 3 is 2.72 bits per heavy atom. The van der Waals surface area contributed by atoms with Gasteiger partial charge in [-0.1, -0.05) is 6.42 Å². The summed E-state index contributed by atoms with van der Waals surface area (Å²) < 4.78 is 11.3. The lowest BCUT2D eigenvalue weighted by molar-refractivity contribution is -0.100. The highest BCUT2D eigenvalue weighted by Gasteiger charge is 2.37. The summed E-state index contributed by atoms with van der Waals surface area (Å²) in [6.45, 7) is 1.80. The molecule has 1 amide bonds. The maximum atomic E-state index is 13.2. The summed E-state index contributed by atoms with van der Waals surface area (Å²) in [6, 6.07) is 1.74. The number of amides is 1. The average molecular weight is 346 g/mol. The van der Waals surface area contributed by atoms with Gasteiger partial charge in [0.2, 0.25) is 0 Å². The van der Waals surface area contributed by atoms with Crippen molar-refractivity contribution in [2.45, 2.75) is 63.7 Å². The number of rotatable bonds is 2. The lowest BCUT2D eigenvalue weighted by Crippen LogP contribution is -2.51. The Bertz CT molecular complexity index is 693. The van der Waals surface area contributed by atoms with E-state index >= 15 is 0 Å². The predicted octanol–water partition coefficient (Wildman–Crippen LogP) is 2.01. The molecule has 0 spiro atoms. The number of hydrogen-bond acceptors (Lipinski definition) is 4. The van der Waals surface area contributed by atoms with Gasteiger partial charge in [0.1, 0.15) is 5.56 Å². The number of ether oxygens (including phenoxy) is 2. The van der Waals surface area contributed by atoms with E-state index in [1.807, 2.05) is 6.07 Å². The van der Waals surface area contributed by atoms with Crippen molar-refractivity contribution in [2.75, 3.05) is 19.8 Å². The maximum Gasteiger partial charge on any atom is 0.261 e. The monoisotopic (exact) mass is 346 g/mol. The highest BCUT2D eigenvalue weighted by atomic mass is 16.7. The highest BCUT2D eigenvalue weighted by molar-refractivity contribution is 5.94. The maximum absolute atomic E-state index is 13.2. The number of nitrogens with zero attached hydrogens (tertiary/aromatic N) is 1. The van der Waals surface area contributed by atoms with E-state index in [2.05, 4.69) is 4.98 Å². The zero-order chi connectivity index (χ0) is 17.2. The molecule has 0 saturated carbocycles. The van der Waals surface area contributed by atoms with Gasteiger partial charge in [0, 0.05) is 12.2 Å². The molecular weight excluding hydrogens is 320 g/mol. The van der Waals surface area contributed by atoms with E-state index in [0.717, 1.165) is 56.2 Å². The number of likely N-dealkylation sites (tertiary alicyclic amines) is 1. The van der Waals surface area contributed by atoms with Gasteiger partial charge in [-0.15, -0.1) is 0 Å². The fraction of sp³-hybridized carbons (Fsp3) is 0.684. The van der Waals surface area contributed by atoms with Crippen LogP contribution in [0.15, 0.2) is 10.9 Å². The summed E-state index contributed by atoms with van der Waals surface area (Å²) in [6.07, 6.45) is 7.73. The summed E-state index contributed by atoms with van der Waals surface area (Å²) in [5.41, 5.74) is 2.15. The number of nitrogens with one attached hydrogen (secondary N) is 1. The van der Waals surface area contributed by atoms with Gasteiger partial charge in [0.05, 0.1) is 19.3 Å². The van der Waals surface area contributed by atoms with E-state index in [0.29, 0.717) is 19.8 Å². The Labute approximate surface area is 147 Å². The summed E-state index contributed by atoms with van der Waals surface area (Å²) in [5, 5.41) is 0. The van der Waals surface area contributed by atoms with E-state index in [-0.39, 0.29) is 29.4 Å². The van der Waals surface area contributed by atoms with Crippen molar-refractivity contribution in [3.8, 4) is 0 Å². The molecule has 1 N–H and O–H groups in total. The van der Waals surface area contributed by atoms with Crippen LogP contribution in [0.1, 0.15) is 60.1 Å². The molecule has 0 radical (unpaired) electrons. The molecule has 1 unspecified atom stereocenters. The Morgan fingerprint density at radius 2 is 1.88 bits per heavy atom.